The Balaban J connectivity index is 1.44. The van der Waals surface area contributed by atoms with Crippen molar-refractivity contribution in [2.45, 2.75) is 52.5 Å². The molecule has 2 aromatic carbocycles. The molecule has 1 aliphatic heterocycles. The molecular formula is C27H32N4O4. The maximum absolute atomic E-state index is 13.3. The van der Waals surface area contributed by atoms with Crippen LogP contribution in [0.15, 0.2) is 48.5 Å². The van der Waals surface area contributed by atoms with E-state index < -0.39 is 17.5 Å². The van der Waals surface area contributed by atoms with Gasteiger partial charge in [0, 0.05) is 16.9 Å². The Morgan fingerprint density at radius 1 is 1.00 bits per heavy atom. The summed E-state index contributed by atoms with van der Waals surface area (Å²) in [7, 11) is 0. The number of hydrogen-bond acceptors (Lipinski definition) is 4. The first kappa shape index (κ1) is 24.4. The standard InChI is InChI=1S/C27H32N4O4/c1-17-13-26(3,4)16-27(14-17)24(34)31(25(35)30-27)15-22(32)28-20-11-8-12-21(18(20)2)29-23(33)19-9-6-5-7-10-19/h5-12,17H,13-16H2,1-4H3,(H,28,32)(H,29,33)(H,30,35). The van der Waals surface area contributed by atoms with Crippen LogP contribution in [0, 0.1) is 18.3 Å². The van der Waals surface area contributed by atoms with Crippen molar-refractivity contribution in [2.75, 3.05) is 17.2 Å². The summed E-state index contributed by atoms with van der Waals surface area (Å²) < 4.78 is 0. The highest BCUT2D eigenvalue weighted by molar-refractivity contribution is 6.10. The minimum absolute atomic E-state index is 0.0827. The molecule has 8 heteroatoms. The van der Waals surface area contributed by atoms with Crippen LogP contribution < -0.4 is 16.0 Å². The van der Waals surface area contributed by atoms with Crippen LogP contribution in [0.5, 0.6) is 0 Å². The van der Waals surface area contributed by atoms with E-state index in [1.807, 2.05) is 6.07 Å². The number of nitrogens with one attached hydrogen (secondary N) is 3. The van der Waals surface area contributed by atoms with Gasteiger partial charge in [-0.15, -0.1) is 0 Å². The minimum Gasteiger partial charge on any atom is -0.324 e. The van der Waals surface area contributed by atoms with Crippen LogP contribution in [0.25, 0.3) is 0 Å². The number of carbonyl (C=O) groups excluding carboxylic acids is 4. The number of carbonyl (C=O) groups is 4. The molecule has 1 saturated heterocycles. The zero-order chi connectivity index (χ0) is 25.4. The lowest BCUT2D eigenvalue weighted by molar-refractivity contribution is -0.136. The number of imide groups is 1. The van der Waals surface area contributed by atoms with Crippen molar-refractivity contribution >= 4 is 35.1 Å². The number of amides is 5. The number of anilines is 2. The van der Waals surface area contributed by atoms with Crippen molar-refractivity contribution in [3.8, 4) is 0 Å². The fraction of sp³-hybridized carbons (Fsp3) is 0.407. The van der Waals surface area contributed by atoms with Crippen molar-refractivity contribution < 1.29 is 19.2 Å². The van der Waals surface area contributed by atoms with E-state index in [1.54, 1.807) is 49.4 Å². The second-order valence-electron chi connectivity index (χ2n) is 10.6. The maximum atomic E-state index is 13.3. The Bertz CT molecular complexity index is 1180. The molecule has 1 heterocycles. The Kier molecular flexibility index (Phi) is 6.40. The molecule has 2 aliphatic rings. The average molecular weight is 477 g/mol. The number of nitrogens with zero attached hydrogens (tertiary/aromatic N) is 1. The molecule has 2 unspecified atom stereocenters. The van der Waals surface area contributed by atoms with Gasteiger partial charge in [0.05, 0.1) is 0 Å². The van der Waals surface area contributed by atoms with E-state index in [4.69, 9.17) is 0 Å². The highest BCUT2D eigenvalue weighted by atomic mass is 16.2. The van der Waals surface area contributed by atoms with Crippen molar-refractivity contribution in [1.29, 1.82) is 0 Å². The van der Waals surface area contributed by atoms with E-state index >= 15 is 0 Å². The van der Waals surface area contributed by atoms with Crippen molar-refractivity contribution in [3.05, 3.63) is 59.7 Å². The fourth-order valence-corrected chi connectivity index (χ4v) is 5.67. The van der Waals surface area contributed by atoms with E-state index in [0.29, 0.717) is 35.3 Å². The van der Waals surface area contributed by atoms with Crippen molar-refractivity contribution in [1.82, 2.24) is 10.2 Å². The molecule has 35 heavy (non-hydrogen) atoms. The van der Waals surface area contributed by atoms with Crippen LogP contribution in [0.2, 0.25) is 0 Å². The molecule has 0 aromatic heterocycles. The topological polar surface area (TPSA) is 108 Å². The van der Waals surface area contributed by atoms with Gasteiger partial charge in [0.15, 0.2) is 0 Å². The number of rotatable bonds is 5. The SMILES string of the molecule is Cc1c(NC(=O)CN2C(=O)NC3(CC(C)CC(C)(C)C3)C2=O)cccc1NC(=O)c1ccccc1. The van der Waals surface area contributed by atoms with Crippen LogP contribution >= 0.6 is 0 Å². The van der Waals surface area contributed by atoms with Crippen molar-refractivity contribution in [3.63, 3.8) is 0 Å². The molecule has 2 fully saturated rings. The minimum atomic E-state index is -0.948. The van der Waals surface area contributed by atoms with Crippen LogP contribution in [-0.4, -0.2) is 40.7 Å². The van der Waals surface area contributed by atoms with E-state index in [1.165, 1.54) is 0 Å². The zero-order valence-corrected chi connectivity index (χ0v) is 20.6. The normalized spacial score (nSPS) is 23.2. The molecule has 1 saturated carbocycles. The Morgan fingerprint density at radius 3 is 2.31 bits per heavy atom. The predicted octanol–water partition coefficient (Wildman–Crippen LogP) is 4.32. The molecule has 1 spiro atoms. The van der Waals surface area contributed by atoms with Crippen LogP contribution in [0.1, 0.15) is 56.0 Å². The summed E-state index contributed by atoms with van der Waals surface area (Å²) in [5.74, 6) is -0.791. The summed E-state index contributed by atoms with van der Waals surface area (Å²) >= 11 is 0. The zero-order valence-electron chi connectivity index (χ0n) is 20.6. The van der Waals surface area contributed by atoms with Gasteiger partial charge in [-0.3, -0.25) is 19.3 Å². The van der Waals surface area contributed by atoms with E-state index in [9.17, 15) is 19.2 Å². The highest BCUT2D eigenvalue weighted by Crippen LogP contribution is 2.46. The third-order valence-corrected chi connectivity index (χ3v) is 6.82. The fourth-order valence-electron chi connectivity index (χ4n) is 5.67. The lowest BCUT2D eigenvalue weighted by Gasteiger charge is -2.43. The quantitative estimate of drug-likeness (QED) is 0.559. The van der Waals surface area contributed by atoms with E-state index in [0.717, 1.165) is 11.3 Å². The molecule has 184 valence electrons. The summed E-state index contributed by atoms with van der Waals surface area (Å²) in [5, 5.41) is 8.53. The summed E-state index contributed by atoms with van der Waals surface area (Å²) in [6, 6.07) is 13.5. The molecule has 2 atom stereocenters. The molecule has 1 aliphatic carbocycles. The predicted molar refractivity (Wildman–Crippen MR) is 134 cm³/mol. The van der Waals surface area contributed by atoms with Crippen LogP contribution in [-0.2, 0) is 9.59 Å². The first-order valence-electron chi connectivity index (χ1n) is 11.9. The average Bonchev–Trinajstić information content (AvgIpc) is 2.98. The highest BCUT2D eigenvalue weighted by Gasteiger charge is 2.56. The van der Waals surface area contributed by atoms with Gasteiger partial charge in [0.2, 0.25) is 5.91 Å². The first-order chi connectivity index (χ1) is 16.5. The van der Waals surface area contributed by atoms with Crippen LogP contribution in [0.4, 0.5) is 16.2 Å². The lowest BCUT2D eigenvalue weighted by atomic mass is 9.64. The summed E-state index contributed by atoms with van der Waals surface area (Å²) in [6.07, 6.45) is 2.10. The molecular weight excluding hydrogens is 444 g/mol. The van der Waals surface area contributed by atoms with Gasteiger partial charge in [0.25, 0.3) is 11.8 Å². The summed E-state index contributed by atoms with van der Waals surface area (Å²) in [4.78, 5) is 52.4. The van der Waals surface area contributed by atoms with Crippen molar-refractivity contribution in [2.24, 2.45) is 11.3 Å². The summed E-state index contributed by atoms with van der Waals surface area (Å²) in [6.45, 7) is 7.70. The first-order valence-corrected chi connectivity index (χ1v) is 11.9. The Hall–Kier alpha value is -3.68. The number of benzene rings is 2. The third-order valence-electron chi connectivity index (χ3n) is 6.82. The van der Waals surface area contributed by atoms with Gasteiger partial charge >= 0.3 is 6.03 Å². The van der Waals surface area contributed by atoms with Gasteiger partial charge < -0.3 is 16.0 Å². The number of urea groups is 1. The molecule has 0 bridgehead atoms. The number of hydrogen-bond donors (Lipinski definition) is 3. The Morgan fingerprint density at radius 2 is 1.66 bits per heavy atom. The van der Waals surface area contributed by atoms with E-state index in [2.05, 4.69) is 36.7 Å². The Labute approximate surface area is 205 Å². The molecule has 2 aromatic rings. The summed E-state index contributed by atoms with van der Waals surface area (Å²) in [5.41, 5.74) is 1.21. The lowest BCUT2D eigenvalue weighted by Crippen LogP contribution is -2.54. The molecule has 4 rings (SSSR count). The van der Waals surface area contributed by atoms with Gasteiger partial charge in [-0.1, -0.05) is 45.0 Å². The molecule has 0 radical (unpaired) electrons. The van der Waals surface area contributed by atoms with Crippen LogP contribution in [0.3, 0.4) is 0 Å². The third kappa shape index (κ3) is 5.06. The second kappa shape index (κ2) is 9.17. The van der Waals surface area contributed by atoms with Gasteiger partial charge in [-0.2, -0.15) is 0 Å². The van der Waals surface area contributed by atoms with Gasteiger partial charge in [-0.25, -0.2) is 4.79 Å². The van der Waals surface area contributed by atoms with E-state index in [-0.39, 0.29) is 29.7 Å². The largest absolute Gasteiger partial charge is 0.325 e. The molecule has 8 nitrogen and oxygen atoms in total. The second-order valence-corrected chi connectivity index (χ2v) is 10.6. The van der Waals surface area contributed by atoms with Gasteiger partial charge in [0.1, 0.15) is 12.1 Å². The molecule has 5 amide bonds. The maximum Gasteiger partial charge on any atom is 0.325 e. The monoisotopic (exact) mass is 476 g/mol. The smallest absolute Gasteiger partial charge is 0.324 e. The molecule has 3 N–H and O–H groups in total. The van der Waals surface area contributed by atoms with Gasteiger partial charge in [-0.05, 0) is 67.3 Å².